The molecule has 1 aromatic heterocycles. The first kappa shape index (κ1) is 12.3. The van der Waals surface area contributed by atoms with Gasteiger partial charge in [-0.1, -0.05) is 30.3 Å². The SMILES string of the molecule is Nc1ncc(F)c(NC(CO)c2ccccc2)n1. The first-order valence-electron chi connectivity index (χ1n) is 5.41. The van der Waals surface area contributed by atoms with Crippen molar-refractivity contribution in [1.29, 1.82) is 0 Å². The van der Waals surface area contributed by atoms with Crippen LogP contribution in [-0.4, -0.2) is 21.7 Å². The summed E-state index contributed by atoms with van der Waals surface area (Å²) in [5.74, 6) is -0.660. The van der Waals surface area contributed by atoms with Gasteiger partial charge in [0.25, 0.3) is 0 Å². The van der Waals surface area contributed by atoms with Gasteiger partial charge in [-0.3, -0.25) is 0 Å². The van der Waals surface area contributed by atoms with Crippen LogP contribution in [0.1, 0.15) is 11.6 Å². The van der Waals surface area contributed by atoms with E-state index in [9.17, 15) is 9.50 Å². The fraction of sp³-hybridized carbons (Fsp3) is 0.167. The van der Waals surface area contributed by atoms with Gasteiger partial charge in [0.15, 0.2) is 11.6 Å². The van der Waals surface area contributed by atoms with Crippen LogP contribution in [0.15, 0.2) is 36.5 Å². The lowest BCUT2D eigenvalue weighted by molar-refractivity contribution is 0.276. The molecular formula is C12H13FN4O. The Hall–Kier alpha value is -2.21. The molecule has 0 amide bonds. The predicted octanol–water partition coefficient (Wildman–Crippen LogP) is 1.34. The van der Waals surface area contributed by atoms with Gasteiger partial charge in [0.2, 0.25) is 5.95 Å². The number of aliphatic hydroxyl groups excluding tert-OH is 1. The number of benzene rings is 1. The fourth-order valence-electron chi connectivity index (χ4n) is 1.57. The van der Waals surface area contributed by atoms with Crippen molar-refractivity contribution < 1.29 is 9.50 Å². The lowest BCUT2D eigenvalue weighted by Gasteiger charge is -2.17. The van der Waals surface area contributed by atoms with E-state index in [0.29, 0.717) is 0 Å². The van der Waals surface area contributed by atoms with E-state index in [1.165, 1.54) is 0 Å². The number of halogens is 1. The number of nitrogens with zero attached hydrogens (tertiary/aromatic N) is 2. The Balaban J connectivity index is 2.23. The average Bonchev–Trinajstić information content (AvgIpc) is 2.41. The second-order valence-corrected chi connectivity index (χ2v) is 3.71. The summed E-state index contributed by atoms with van der Waals surface area (Å²) >= 11 is 0. The van der Waals surface area contributed by atoms with Gasteiger partial charge < -0.3 is 16.2 Å². The summed E-state index contributed by atoms with van der Waals surface area (Å²) < 4.78 is 13.5. The van der Waals surface area contributed by atoms with Gasteiger partial charge >= 0.3 is 0 Å². The van der Waals surface area contributed by atoms with Crippen molar-refractivity contribution in [2.24, 2.45) is 0 Å². The molecule has 2 aromatic rings. The molecule has 0 spiro atoms. The highest BCUT2D eigenvalue weighted by Crippen LogP contribution is 2.19. The molecular weight excluding hydrogens is 235 g/mol. The van der Waals surface area contributed by atoms with Crippen LogP contribution in [0, 0.1) is 5.82 Å². The van der Waals surface area contributed by atoms with Crippen molar-refractivity contribution in [2.75, 3.05) is 17.7 Å². The Morgan fingerprint density at radius 2 is 2.06 bits per heavy atom. The third-order valence-electron chi connectivity index (χ3n) is 2.46. The number of aromatic nitrogens is 2. The van der Waals surface area contributed by atoms with Gasteiger partial charge in [0.05, 0.1) is 18.8 Å². The first-order valence-corrected chi connectivity index (χ1v) is 5.41. The van der Waals surface area contributed by atoms with E-state index in [-0.39, 0.29) is 18.4 Å². The standard InChI is InChI=1S/C12H13FN4O/c13-9-6-15-12(14)17-11(9)16-10(7-18)8-4-2-1-3-5-8/h1-6,10,18H,7H2,(H3,14,15,16,17). The van der Waals surface area contributed by atoms with Gasteiger partial charge in [-0.25, -0.2) is 9.37 Å². The smallest absolute Gasteiger partial charge is 0.222 e. The maximum atomic E-state index is 13.5. The maximum absolute atomic E-state index is 13.5. The molecule has 1 atom stereocenters. The molecule has 4 N–H and O–H groups in total. The lowest BCUT2D eigenvalue weighted by atomic mass is 10.1. The van der Waals surface area contributed by atoms with Crippen molar-refractivity contribution in [1.82, 2.24) is 9.97 Å². The Labute approximate surface area is 104 Å². The molecule has 0 aliphatic rings. The van der Waals surface area contributed by atoms with Crippen LogP contribution in [0.3, 0.4) is 0 Å². The first-order chi connectivity index (χ1) is 8.70. The van der Waals surface area contributed by atoms with Crippen LogP contribution in [0.5, 0.6) is 0 Å². The molecule has 0 aliphatic carbocycles. The number of anilines is 2. The van der Waals surface area contributed by atoms with Crippen molar-refractivity contribution in [3.05, 3.63) is 47.9 Å². The molecule has 0 saturated heterocycles. The minimum atomic E-state index is -0.612. The van der Waals surface area contributed by atoms with E-state index < -0.39 is 11.9 Å². The number of rotatable bonds is 4. The molecule has 1 unspecified atom stereocenters. The molecule has 0 saturated carbocycles. The third kappa shape index (κ3) is 2.72. The Morgan fingerprint density at radius 1 is 1.33 bits per heavy atom. The van der Waals surface area contributed by atoms with Crippen molar-refractivity contribution in [2.45, 2.75) is 6.04 Å². The Kier molecular flexibility index (Phi) is 3.69. The van der Waals surface area contributed by atoms with Gasteiger partial charge in [-0.2, -0.15) is 4.98 Å². The van der Waals surface area contributed by atoms with E-state index in [4.69, 9.17) is 5.73 Å². The summed E-state index contributed by atoms with van der Waals surface area (Å²) in [6.45, 7) is -0.187. The van der Waals surface area contributed by atoms with Crippen LogP contribution in [0.25, 0.3) is 0 Å². The summed E-state index contributed by atoms with van der Waals surface area (Å²) in [7, 11) is 0. The highest BCUT2D eigenvalue weighted by Gasteiger charge is 2.13. The zero-order valence-electron chi connectivity index (χ0n) is 9.55. The summed E-state index contributed by atoms with van der Waals surface area (Å²) in [4.78, 5) is 7.29. The Bertz CT molecular complexity index is 521. The summed E-state index contributed by atoms with van der Waals surface area (Å²) in [5, 5.41) is 12.1. The molecule has 2 rings (SSSR count). The molecule has 0 radical (unpaired) electrons. The highest BCUT2D eigenvalue weighted by molar-refractivity contribution is 5.42. The number of nitrogen functional groups attached to an aromatic ring is 1. The van der Waals surface area contributed by atoms with Crippen LogP contribution in [0.2, 0.25) is 0 Å². The molecule has 1 aromatic carbocycles. The van der Waals surface area contributed by atoms with Gasteiger partial charge in [0, 0.05) is 0 Å². The molecule has 6 heteroatoms. The second-order valence-electron chi connectivity index (χ2n) is 3.71. The molecule has 5 nitrogen and oxygen atoms in total. The average molecular weight is 248 g/mol. The number of hydrogen-bond donors (Lipinski definition) is 3. The van der Waals surface area contributed by atoms with E-state index in [1.54, 1.807) is 0 Å². The molecule has 0 aliphatic heterocycles. The number of nitrogens with two attached hydrogens (primary N) is 1. The van der Waals surface area contributed by atoms with Crippen LogP contribution < -0.4 is 11.1 Å². The van der Waals surface area contributed by atoms with Crippen LogP contribution >= 0.6 is 0 Å². The number of aliphatic hydroxyl groups is 1. The normalized spacial score (nSPS) is 12.1. The van der Waals surface area contributed by atoms with Gasteiger partial charge in [-0.15, -0.1) is 0 Å². The maximum Gasteiger partial charge on any atom is 0.222 e. The zero-order valence-corrected chi connectivity index (χ0v) is 9.55. The van der Waals surface area contributed by atoms with Crippen LogP contribution in [0.4, 0.5) is 16.2 Å². The number of nitrogens with one attached hydrogen (secondary N) is 1. The van der Waals surface area contributed by atoms with Gasteiger partial charge in [-0.05, 0) is 5.56 Å². The molecule has 0 bridgehead atoms. The molecule has 18 heavy (non-hydrogen) atoms. The Morgan fingerprint density at radius 3 is 2.72 bits per heavy atom. The van der Waals surface area contributed by atoms with E-state index >= 15 is 0 Å². The number of hydrogen-bond acceptors (Lipinski definition) is 5. The van der Waals surface area contributed by atoms with E-state index in [2.05, 4.69) is 15.3 Å². The molecule has 1 heterocycles. The molecule has 0 fully saturated rings. The topological polar surface area (TPSA) is 84.1 Å². The zero-order chi connectivity index (χ0) is 13.0. The summed E-state index contributed by atoms with van der Waals surface area (Å²) in [6, 6.07) is 8.75. The second kappa shape index (κ2) is 5.42. The fourth-order valence-corrected chi connectivity index (χ4v) is 1.57. The predicted molar refractivity (Wildman–Crippen MR) is 66.3 cm³/mol. The van der Waals surface area contributed by atoms with Gasteiger partial charge in [0.1, 0.15) is 0 Å². The van der Waals surface area contributed by atoms with Crippen LogP contribution in [-0.2, 0) is 0 Å². The van der Waals surface area contributed by atoms with E-state index in [1.807, 2.05) is 30.3 Å². The minimum absolute atomic E-state index is 0.0228. The largest absolute Gasteiger partial charge is 0.394 e. The lowest BCUT2D eigenvalue weighted by Crippen LogP contribution is -2.17. The minimum Gasteiger partial charge on any atom is -0.394 e. The molecule has 94 valence electrons. The van der Waals surface area contributed by atoms with E-state index in [0.717, 1.165) is 11.8 Å². The summed E-state index contributed by atoms with van der Waals surface area (Å²) in [5.41, 5.74) is 6.22. The monoisotopic (exact) mass is 248 g/mol. The van der Waals surface area contributed by atoms with Crippen molar-refractivity contribution >= 4 is 11.8 Å². The van der Waals surface area contributed by atoms with Crippen molar-refractivity contribution in [3.8, 4) is 0 Å². The summed E-state index contributed by atoms with van der Waals surface area (Å²) in [6.07, 6.45) is 0.990. The van der Waals surface area contributed by atoms with Crippen molar-refractivity contribution in [3.63, 3.8) is 0 Å². The third-order valence-corrected chi connectivity index (χ3v) is 2.46. The quantitative estimate of drug-likeness (QED) is 0.760. The highest BCUT2D eigenvalue weighted by atomic mass is 19.1.